The largest absolute Gasteiger partial charge is 0.396 e. The van der Waals surface area contributed by atoms with Gasteiger partial charge < -0.3 is 10.4 Å². The van der Waals surface area contributed by atoms with E-state index < -0.39 is 0 Å². The van der Waals surface area contributed by atoms with E-state index in [1.807, 2.05) is 39.8 Å². The van der Waals surface area contributed by atoms with Gasteiger partial charge in [0.2, 0.25) is 0 Å². The van der Waals surface area contributed by atoms with Crippen LogP contribution in [0, 0.1) is 19.3 Å². The molecule has 1 aromatic heterocycles. The van der Waals surface area contributed by atoms with E-state index in [4.69, 9.17) is 0 Å². The van der Waals surface area contributed by atoms with Crippen molar-refractivity contribution in [3.05, 3.63) is 41.5 Å². The van der Waals surface area contributed by atoms with Gasteiger partial charge in [0, 0.05) is 18.7 Å². The van der Waals surface area contributed by atoms with E-state index in [1.165, 1.54) is 0 Å². The fraction of sp³-hybridized carbons (Fsp3) is 0.500. The maximum atomic E-state index is 12.2. The molecule has 0 aliphatic rings. The standard InChI is InChI=1S/C18H26N4O2/c1-13-20-14(2)22(21-13)16-8-6-15(7-9-16)17(24)19-11-5-10-18(3,4)12-23/h6-9,23H,5,10-12H2,1-4H3,(H,19,24). The summed E-state index contributed by atoms with van der Waals surface area (Å²) in [4.78, 5) is 16.4. The molecule has 24 heavy (non-hydrogen) atoms. The highest BCUT2D eigenvalue weighted by Crippen LogP contribution is 2.20. The Morgan fingerprint density at radius 3 is 2.46 bits per heavy atom. The van der Waals surface area contributed by atoms with Crippen molar-refractivity contribution >= 4 is 5.91 Å². The summed E-state index contributed by atoms with van der Waals surface area (Å²) < 4.78 is 1.76. The number of benzene rings is 1. The van der Waals surface area contributed by atoms with Crippen LogP contribution in [-0.4, -0.2) is 38.9 Å². The van der Waals surface area contributed by atoms with Crippen molar-refractivity contribution in [2.45, 2.75) is 40.5 Å². The fourth-order valence-corrected chi connectivity index (χ4v) is 2.47. The average molecular weight is 330 g/mol. The number of rotatable bonds is 7. The Kier molecular flexibility index (Phi) is 5.72. The van der Waals surface area contributed by atoms with Gasteiger partial charge in [-0.15, -0.1) is 0 Å². The number of nitrogens with zero attached hydrogens (tertiary/aromatic N) is 3. The molecule has 0 atom stereocenters. The SMILES string of the molecule is Cc1nc(C)n(-c2ccc(C(=O)NCCCC(C)(C)CO)cc2)n1. The molecule has 1 heterocycles. The van der Waals surface area contributed by atoms with E-state index in [1.54, 1.807) is 16.8 Å². The lowest BCUT2D eigenvalue weighted by Crippen LogP contribution is -2.26. The number of aryl methyl sites for hydroxylation is 2. The first-order valence-electron chi connectivity index (χ1n) is 8.22. The number of aliphatic hydroxyl groups is 1. The van der Waals surface area contributed by atoms with Gasteiger partial charge in [0.25, 0.3) is 5.91 Å². The average Bonchev–Trinajstić information content (AvgIpc) is 2.90. The molecule has 2 N–H and O–H groups in total. The van der Waals surface area contributed by atoms with Gasteiger partial charge in [0.1, 0.15) is 11.6 Å². The molecular formula is C18H26N4O2. The Labute approximate surface area is 142 Å². The van der Waals surface area contributed by atoms with Crippen molar-refractivity contribution in [3.8, 4) is 5.69 Å². The van der Waals surface area contributed by atoms with Crippen LogP contribution in [0.25, 0.3) is 5.69 Å². The number of hydrogen-bond acceptors (Lipinski definition) is 4. The van der Waals surface area contributed by atoms with E-state index in [0.717, 1.165) is 30.2 Å². The molecule has 1 aromatic carbocycles. The first kappa shape index (κ1) is 18.1. The summed E-state index contributed by atoms with van der Waals surface area (Å²) in [5.74, 6) is 1.45. The van der Waals surface area contributed by atoms with Crippen LogP contribution in [0.3, 0.4) is 0 Å². The number of carbonyl (C=O) groups is 1. The van der Waals surface area contributed by atoms with Gasteiger partial charge in [-0.05, 0) is 56.4 Å². The molecule has 0 aliphatic heterocycles. The van der Waals surface area contributed by atoms with Gasteiger partial charge in [-0.1, -0.05) is 13.8 Å². The second-order valence-corrected chi connectivity index (χ2v) is 6.85. The maximum absolute atomic E-state index is 12.2. The van der Waals surface area contributed by atoms with Gasteiger partial charge in [0.05, 0.1) is 5.69 Å². The van der Waals surface area contributed by atoms with Crippen molar-refractivity contribution in [3.63, 3.8) is 0 Å². The second-order valence-electron chi connectivity index (χ2n) is 6.85. The number of nitrogens with one attached hydrogen (secondary N) is 1. The summed E-state index contributed by atoms with van der Waals surface area (Å²) in [6, 6.07) is 7.31. The lowest BCUT2D eigenvalue weighted by Gasteiger charge is -2.21. The minimum absolute atomic E-state index is 0.0881. The van der Waals surface area contributed by atoms with E-state index in [0.29, 0.717) is 12.1 Å². The zero-order valence-corrected chi connectivity index (χ0v) is 14.8. The van der Waals surface area contributed by atoms with Crippen molar-refractivity contribution in [2.75, 3.05) is 13.2 Å². The summed E-state index contributed by atoms with van der Waals surface area (Å²) in [6.07, 6.45) is 1.71. The fourth-order valence-electron chi connectivity index (χ4n) is 2.47. The van der Waals surface area contributed by atoms with E-state index >= 15 is 0 Å². The number of carbonyl (C=O) groups excluding carboxylic acids is 1. The van der Waals surface area contributed by atoms with Crippen LogP contribution >= 0.6 is 0 Å². The highest BCUT2D eigenvalue weighted by molar-refractivity contribution is 5.94. The third-order valence-electron chi connectivity index (χ3n) is 3.99. The predicted molar refractivity (Wildman–Crippen MR) is 93.3 cm³/mol. The van der Waals surface area contributed by atoms with Crippen LogP contribution in [-0.2, 0) is 0 Å². The quantitative estimate of drug-likeness (QED) is 0.764. The van der Waals surface area contributed by atoms with Gasteiger partial charge in [-0.2, -0.15) is 5.10 Å². The lowest BCUT2D eigenvalue weighted by molar-refractivity contribution is 0.0948. The summed E-state index contributed by atoms with van der Waals surface area (Å²) in [6.45, 7) is 8.54. The topological polar surface area (TPSA) is 80.0 Å². The Hall–Kier alpha value is -2.21. The highest BCUT2D eigenvalue weighted by Gasteiger charge is 2.15. The molecule has 0 aliphatic carbocycles. The third kappa shape index (κ3) is 4.64. The Morgan fingerprint density at radius 2 is 1.92 bits per heavy atom. The van der Waals surface area contributed by atoms with Crippen LogP contribution in [0.5, 0.6) is 0 Å². The molecule has 1 amide bonds. The smallest absolute Gasteiger partial charge is 0.251 e. The van der Waals surface area contributed by atoms with Crippen LogP contribution in [0.15, 0.2) is 24.3 Å². The second kappa shape index (κ2) is 7.57. The van der Waals surface area contributed by atoms with Crippen molar-refractivity contribution in [2.24, 2.45) is 5.41 Å². The zero-order chi connectivity index (χ0) is 17.7. The monoisotopic (exact) mass is 330 g/mol. The normalized spacial score (nSPS) is 11.5. The van der Waals surface area contributed by atoms with Crippen molar-refractivity contribution < 1.29 is 9.90 Å². The number of hydrogen-bond donors (Lipinski definition) is 2. The molecule has 6 heteroatoms. The van der Waals surface area contributed by atoms with Crippen molar-refractivity contribution in [1.29, 1.82) is 0 Å². The van der Waals surface area contributed by atoms with Gasteiger partial charge >= 0.3 is 0 Å². The molecule has 0 saturated heterocycles. The van der Waals surface area contributed by atoms with Gasteiger partial charge in [-0.3, -0.25) is 4.79 Å². The van der Waals surface area contributed by atoms with E-state index in [-0.39, 0.29) is 17.9 Å². The molecule has 0 unspecified atom stereocenters. The van der Waals surface area contributed by atoms with Gasteiger partial charge in [-0.25, -0.2) is 9.67 Å². The van der Waals surface area contributed by atoms with Crippen molar-refractivity contribution in [1.82, 2.24) is 20.1 Å². The minimum atomic E-state index is -0.0971. The maximum Gasteiger partial charge on any atom is 0.251 e. The number of aromatic nitrogens is 3. The Bertz CT molecular complexity index is 690. The molecule has 0 fully saturated rings. The molecule has 0 radical (unpaired) electrons. The van der Waals surface area contributed by atoms with Crippen LogP contribution in [0.2, 0.25) is 0 Å². The minimum Gasteiger partial charge on any atom is -0.396 e. The molecule has 0 spiro atoms. The van der Waals surface area contributed by atoms with E-state index in [9.17, 15) is 9.90 Å². The Balaban J connectivity index is 1.91. The predicted octanol–water partition coefficient (Wildman–Crippen LogP) is 2.41. The highest BCUT2D eigenvalue weighted by atomic mass is 16.3. The first-order valence-corrected chi connectivity index (χ1v) is 8.22. The van der Waals surface area contributed by atoms with Crippen LogP contribution in [0.1, 0.15) is 48.7 Å². The summed E-state index contributed by atoms with van der Waals surface area (Å²) >= 11 is 0. The summed E-state index contributed by atoms with van der Waals surface area (Å²) in [7, 11) is 0. The molecule has 2 aromatic rings. The number of aliphatic hydroxyl groups excluding tert-OH is 1. The molecular weight excluding hydrogens is 304 g/mol. The summed E-state index contributed by atoms with van der Waals surface area (Å²) in [5, 5.41) is 16.5. The van der Waals surface area contributed by atoms with Crippen LogP contribution < -0.4 is 5.32 Å². The Morgan fingerprint density at radius 1 is 1.25 bits per heavy atom. The summed E-state index contributed by atoms with van der Waals surface area (Å²) in [5.41, 5.74) is 1.41. The zero-order valence-electron chi connectivity index (χ0n) is 14.8. The lowest BCUT2D eigenvalue weighted by atomic mass is 9.89. The molecule has 0 bridgehead atoms. The number of amides is 1. The third-order valence-corrected chi connectivity index (χ3v) is 3.99. The molecule has 130 valence electrons. The van der Waals surface area contributed by atoms with Crippen LogP contribution in [0.4, 0.5) is 0 Å². The van der Waals surface area contributed by atoms with Gasteiger partial charge in [0.15, 0.2) is 0 Å². The molecule has 2 rings (SSSR count). The van der Waals surface area contributed by atoms with E-state index in [2.05, 4.69) is 15.4 Å². The molecule has 0 saturated carbocycles. The first-order chi connectivity index (χ1) is 11.3. The molecule has 6 nitrogen and oxygen atoms in total.